The summed E-state index contributed by atoms with van der Waals surface area (Å²) in [5.41, 5.74) is 2.02. The summed E-state index contributed by atoms with van der Waals surface area (Å²) in [5.74, 6) is 0. The van der Waals surface area contributed by atoms with Crippen LogP contribution in [0.25, 0.3) is 21.8 Å². The van der Waals surface area contributed by atoms with Gasteiger partial charge < -0.3 is 4.98 Å². The van der Waals surface area contributed by atoms with Gasteiger partial charge in [0.2, 0.25) is 0 Å². The molecule has 44 heavy (non-hydrogen) atoms. The summed E-state index contributed by atoms with van der Waals surface area (Å²) < 4.78 is 0. The predicted molar refractivity (Wildman–Crippen MR) is 53.6 cm³/mol. The summed E-state index contributed by atoms with van der Waals surface area (Å²) >= 11 is 0. The number of aromatic nitrogens is 1. The second kappa shape index (κ2) is 144. The summed E-state index contributed by atoms with van der Waals surface area (Å²) in [5, 5.41) is 2.41. The predicted octanol–water partition coefficient (Wildman–Crippen LogP) is 2.67. The molecule has 0 radical (unpaired) electrons. The number of para-hydroxylation sites is 2. The van der Waals surface area contributed by atoms with Crippen LogP contribution in [-0.4, -0.2) is 0 Å². The maximum atomic E-state index is 4.46. The van der Waals surface area contributed by atoms with E-state index >= 15 is 0 Å². The normalized spacial score (nSPS) is 3.27. The van der Waals surface area contributed by atoms with E-state index in [9.17, 15) is 0 Å². The Balaban J connectivity index is -0.00000000269. The molecule has 0 atom stereocenters. The number of rotatable bonds is 0. The van der Waals surface area contributed by atoms with Crippen molar-refractivity contribution in [3.05, 3.63) is 48.5 Å². The molecule has 0 fully saturated rings. The van der Waals surface area contributed by atoms with Gasteiger partial charge in [0.15, 0.2) is 0 Å². The molecule has 0 N–H and O–H groups in total. The smallest absolute Gasteiger partial charge is 0 e. The van der Waals surface area contributed by atoms with Crippen LogP contribution >= 0.6 is 0 Å². The van der Waals surface area contributed by atoms with E-state index in [-0.39, 0.29) is 653 Å². The van der Waals surface area contributed by atoms with Crippen LogP contribution in [0.1, 0.15) is 0 Å². The van der Waals surface area contributed by atoms with Crippen LogP contribution in [0.2, 0.25) is 0 Å². The Hall–Kier alpha value is 19.6. The SMILES string of the molecule is [W].[W].[W].[W].[W].[W].[W].[W].[W].[W].[W].[W].[W].[W].[W].[W].[W].[W].[W].[W].[W].[W].[W].[W].[W].[W].[W].[W].[W].[W].[W].[c-]1cccc2c1[n-]c1ccccc12. The molecule has 0 spiro atoms. The third kappa shape index (κ3) is 91.9. The summed E-state index contributed by atoms with van der Waals surface area (Å²) in [6.45, 7) is 0. The van der Waals surface area contributed by atoms with E-state index in [2.05, 4.69) is 23.2 Å². The zero-order valence-electron chi connectivity index (χ0n) is 19.6. The van der Waals surface area contributed by atoms with Gasteiger partial charge in [0, 0.05) is 653 Å². The van der Waals surface area contributed by atoms with Gasteiger partial charge in [0.05, 0.1) is 0 Å². The molecule has 1 heterocycles. The maximum absolute atomic E-state index is 4.46. The molecule has 32 heteroatoms. The average Bonchev–Trinajstić information content (AvgIpc) is 2.56. The number of benzene rings is 2. The van der Waals surface area contributed by atoms with Gasteiger partial charge in [-0.3, -0.25) is 5.52 Å². The second-order valence-electron chi connectivity index (χ2n) is 3.06. The third-order valence-electron chi connectivity index (χ3n) is 2.26. The number of hydrogen-bond acceptors (Lipinski definition) is 0. The number of fused-ring (bicyclic) bond motifs is 3. The van der Waals surface area contributed by atoms with E-state index in [0.717, 1.165) is 11.0 Å². The van der Waals surface area contributed by atoms with E-state index < -0.39 is 0 Å². The number of nitrogens with zero attached hydrogens (tertiary/aromatic N) is 1. The Morgan fingerprint density at radius 1 is 0.295 bits per heavy atom. The number of hydrogen-bond donors (Lipinski definition) is 0. The first-order valence-corrected chi connectivity index (χ1v) is 4.27. The molecular weight excluding hydrogens is 5860 g/mol. The minimum absolute atomic E-state index is 0. The minimum Gasteiger partial charge on any atom is -0.679 e. The molecule has 248 valence electrons. The van der Waals surface area contributed by atoms with Crippen LogP contribution in [0.5, 0.6) is 0 Å². The van der Waals surface area contributed by atoms with Crippen molar-refractivity contribution < 1.29 is 653 Å². The Morgan fingerprint density at radius 2 is 0.545 bits per heavy atom. The molecule has 3 aromatic rings. The van der Waals surface area contributed by atoms with Crippen LogP contribution < -0.4 is 4.98 Å². The first-order valence-electron chi connectivity index (χ1n) is 4.27. The topological polar surface area (TPSA) is 14.1 Å². The van der Waals surface area contributed by atoms with Crippen molar-refractivity contribution in [2.45, 2.75) is 0 Å². The van der Waals surface area contributed by atoms with Gasteiger partial charge in [-0.15, -0.1) is 10.9 Å². The molecule has 0 saturated heterocycles. The molecule has 3 rings (SSSR count). The van der Waals surface area contributed by atoms with Crippen LogP contribution in [0.15, 0.2) is 42.5 Å². The van der Waals surface area contributed by atoms with E-state index in [1.165, 1.54) is 10.8 Å². The maximum Gasteiger partial charge on any atom is 0 e. The summed E-state index contributed by atoms with van der Waals surface area (Å²) in [4.78, 5) is 4.46. The van der Waals surface area contributed by atoms with Crippen molar-refractivity contribution in [2.75, 3.05) is 0 Å². The molecule has 0 saturated carbocycles. The largest absolute Gasteiger partial charge is 0.679 e. The fraction of sp³-hybridized carbons (Fsp3) is 0. The van der Waals surface area contributed by atoms with Crippen LogP contribution in [0.4, 0.5) is 0 Å². The van der Waals surface area contributed by atoms with Gasteiger partial charge >= 0.3 is 0 Å². The fourth-order valence-electron chi connectivity index (χ4n) is 1.66. The molecule has 0 amide bonds. The van der Waals surface area contributed by atoms with E-state index in [1.807, 2.05) is 30.3 Å². The monoisotopic (exact) mass is 5870 g/mol. The molecule has 1 nitrogen and oxygen atoms in total. The average molecular weight is 5860 g/mol. The Kier molecular flexibility index (Phi) is 682. The van der Waals surface area contributed by atoms with E-state index in [4.69, 9.17) is 0 Å². The van der Waals surface area contributed by atoms with Gasteiger partial charge in [-0.05, 0) is 0 Å². The summed E-state index contributed by atoms with van der Waals surface area (Å²) in [6, 6.07) is 17.3. The van der Waals surface area contributed by atoms with Crippen molar-refractivity contribution in [3.8, 4) is 0 Å². The molecule has 1 aromatic heterocycles. The minimum atomic E-state index is 0. The molecule has 0 aliphatic heterocycles. The molecular formula is C12H7NW31-2. The van der Waals surface area contributed by atoms with Gasteiger partial charge in [-0.2, -0.15) is 24.3 Å². The zero-order valence-corrected chi connectivity index (χ0v) is 111. The molecule has 0 unspecified atom stereocenters. The molecule has 0 aliphatic carbocycles. The van der Waals surface area contributed by atoms with Crippen molar-refractivity contribution in [1.29, 1.82) is 0 Å². The Morgan fingerprint density at radius 3 is 0.841 bits per heavy atom. The summed E-state index contributed by atoms with van der Waals surface area (Å²) in [6.07, 6.45) is 0. The molecule has 2 aromatic carbocycles. The quantitative estimate of drug-likeness (QED) is 0.317. The molecule has 0 bridgehead atoms. The van der Waals surface area contributed by atoms with E-state index in [0.29, 0.717) is 0 Å². The van der Waals surface area contributed by atoms with Crippen molar-refractivity contribution >= 4 is 21.8 Å². The molecule has 0 aliphatic rings. The van der Waals surface area contributed by atoms with Crippen molar-refractivity contribution in [3.63, 3.8) is 0 Å². The first kappa shape index (κ1) is 208. The van der Waals surface area contributed by atoms with E-state index in [1.54, 1.807) is 0 Å². The van der Waals surface area contributed by atoms with Crippen LogP contribution in [0, 0.1) is 6.07 Å². The first-order chi connectivity index (χ1) is 6.45. The standard InChI is InChI=1S/C12H7N.31W/c1-3-7-11-9(5-1)10-6-2-4-8-12(10)13-11;;;;;;;;;;;;;;;;;;;;;;;;;;;;;;;/h1-7H;;;;;;;;;;;;;;;;;;;;;;;;;;;;;;;/q-2;;;;;;;;;;;;;;;;;;;;;;;;;;;;;;;. The Bertz CT molecular complexity index is 551. The third-order valence-corrected chi connectivity index (χ3v) is 2.26. The Labute approximate surface area is 708 Å². The zero-order chi connectivity index (χ0) is 8.67. The second-order valence-corrected chi connectivity index (χ2v) is 3.06. The fourth-order valence-corrected chi connectivity index (χ4v) is 1.66. The van der Waals surface area contributed by atoms with Gasteiger partial charge in [0.25, 0.3) is 0 Å². The van der Waals surface area contributed by atoms with Crippen molar-refractivity contribution in [2.24, 2.45) is 0 Å². The van der Waals surface area contributed by atoms with Gasteiger partial charge in [-0.1, -0.05) is 29.7 Å². The van der Waals surface area contributed by atoms with Gasteiger partial charge in [0.1, 0.15) is 0 Å². The summed E-state index contributed by atoms with van der Waals surface area (Å²) in [7, 11) is 0. The van der Waals surface area contributed by atoms with Gasteiger partial charge in [-0.25, -0.2) is 0 Å². The van der Waals surface area contributed by atoms with Crippen molar-refractivity contribution in [1.82, 2.24) is 4.98 Å². The van der Waals surface area contributed by atoms with Crippen LogP contribution in [-0.2, 0) is 653 Å². The van der Waals surface area contributed by atoms with Crippen LogP contribution in [0.3, 0.4) is 0 Å².